The highest BCUT2D eigenvalue weighted by molar-refractivity contribution is 5.44. The van der Waals surface area contributed by atoms with E-state index in [1.807, 2.05) is 12.1 Å². The van der Waals surface area contributed by atoms with Crippen LogP contribution in [0.3, 0.4) is 0 Å². The van der Waals surface area contributed by atoms with E-state index in [9.17, 15) is 5.11 Å². The number of rotatable bonds is 5. The van der Waals surface area contributed by atoms with E-state index in [0.717, 1.165) is 23.4 Å². The van der Waals surface area contributed by atoms with Crippen LogP contribution >= 0.6 is 0 Å². The lowest BCUT2D eigenvalue weighted by molar-refractivity contribution is 0.222. The Morgan fingerprint density at radius 1 is 1.19 bits per heavy atom. The number of hydrogen-bond acceptors (Lipinski definition) is 3. The van der Waals surface area contributed by atoms with Crippen LogP contribution in [0.1, 0.15) is 46.5 Å². The largest absolute Gasteiger partial charge is 0.468 e. The average Bonchev–Trinajstić information content (AvgIpc) is 2.96. The fourth-order valence-electron chi connectivity index (χ4n) is 2.89. The van der Waals surface area contributed by atoms with Gasteiger partial charge in [-0.3, -0.25) is 4.90 Å². The Labute approximate surface area is 127 Å². The molecule has 1 atom stereocenters. The number of aliphatic hydroxyl groups is 1. The molecule has 0 spiro atoms. The normalized spacial score (nSPS) is 12.9. The van der Waals surface area contributed by atoms with Crippen LogP contribution in [0.25, 0.3) is 0 Å². The first-order valence-electron chi connectivity index (χ1n) is 7.38. The van der Waals surface area contributed by atoms with E-state index < -0.39 is 0 Å². The summed E-state index contributed by atoms with van der Waals surface area (Å²) >= 11 is 0. The third kappa shape index (κ3) is 3.20. The van der Waals surface area contributed by atoms with Crippen molar-refractivity contribution in [1.82, 2.24) is 4.90 Å². The molecule has 1 N–H and O–H groups in total. The summed E-state index contributed by atoms with van der Waals surface area (Å²) in [6, 6.07) is 6.32. The first kappa shape index (κ1) is 15.8. The van der Waals surface area contributed by atoms with E-state index in [0.29, 0.717) is 0 Å². The van der Waals surface area contributed by atoms with Gasteiger partial charge in [-0.15, -0.1) is 0 Å². The zero-order valence-electron chi connectivity index (χ0n) is 13.6. The molecule has 3 nitrogen and oxygen atoms in total. The molecular formula is C18H25NO2. The molecule has 114 valence electrons. The maximum absolute atomic E-state index is 9.58. The van der Waals surface area contributed by atoms with Gasteiger partial charge in [0.15, 0.2) is 0 Å². The molecule has 0 bridgehead atoms. The Balaban J connectivity index is 2.27. The molecule has 1 heterocycles. The van der Waals surface area contributed by atoms with Gasteiger partial charge in [-0.25, -0.2) is 0 Å². The van der Waals surface area contributed by atoms with E-state index in [-0.39, 0.29) is 12.6 Å². The summed E-state index contributed by atoms with van der Waals surface area (Å²) in [6.07, 6.45) is 1.71. The molecule has 2 aromatic rings. The first-order chi connectivity index (χ1) is 9.95. The summed E-state index contributed by atoms with van der Waals surface area (Å²) in [5.41, 5.74) is 5.99. The standard InChI is InChI=1S/C18H25NO2/c1-12-9-13(2)17(11-20)14(3)16(12)10-19(5)15(4)18-7-6-8-21-18/h6-9,15,20H,10-11H2,1-5H3. The topological polar surface area (TPSA) is 36.6 Å². The number of aliphatic hydroxyl groups excluding tert-OH is 1. The lowest BCUT2D eigenvalue weighted by Gasteiger charge is -2.26. The number of aryl methyl sites for hydroxylation is 2. The monoisotopic (exact) mass is 287 g/mol. The highest BCUT2D eigenvalue weighted by Gasteiger charge is 2.17. The van der Waals surface area contributed by atoms with Crippen LogP contribution in [-0.4, -0.2) is 17.1 Å². The zero-order valence-corrected chi connectivity index (χ0v) is 13.6. The zero-order chi connectivity index (χ0) is 15.6. The minimum absolute atomic E-state index is 0.0996. The summed E-state index contributed by atoms with van der Waals surface area (Å²) in [5, 5.41) is 9.58. The van der Waals surface area contributed by atoms with Crippen molar-refractivity contribution in [2.24, 2.45) is 0 Å². The van der Waals surface area contributed by atoms with Gasteiger partial charge in [-0.05, 0) is 74.7 Å². The average molecular weight is 287 g/mol. The smallest absolute Gasteiger partial charge is 0.120 e. The maximum Gasteiger partial charge on any atom is 0.120 e. The summed E-state index contributed by atoms with van der Waals surface area (Å²) in [6.45, 7) is 9.39. The molecule has 0 aliphatic carbocycles. The maximum atomic E-state index is 9.58. The van der Waals surface area contributed by atoms with Crippen LogP contribution in [0.5, 0.6) is 0 Å². The van der Waals surface area contributed by atoms with E-state index >= 15 is 0 Å². The van der Waals surface area contributed by atoms with Crippen LogP contribution in [0.4, 0.5) is 0 Å². The van der Waals surface area contributed by atoms with Crippen molar-refractivity contribution in [3.63, 3.8) is 0 Å². The van der Waals surface area contributed by atoms with Gasteiger partial charge >= 0.3 is 0 Å². The van der Waals surface area contributed by atoms with Gasteiger partial charge < -0.3 is 9.52 Å². The Morgan fingerprint density at radius 2 is 1.86 bits per heavy atom. The van der Waals surface area contributed by atoms with Gasteiger partial charge in [0.05, 0.1) is 18.9 Å². The molecule has 0 saturated heterocycles. The molecular weight excluding hydrogens is 262 g/mol. The van der Waals surface area contributed by atoms with Crippen molar-refractivity contribution < 1.29 is 9.52 Å². The molecule has 2 rings (SSSR count). The molecule has 0 radical (unpaired) electrons. The van der Waals surface area contributed by atoms with Crippen molar-refractivity contribution in [3.05, 3.63) is 58.0 Å². The van der Waals surface area contributed by atoms with E-state index in [1.165, 1.54) is 16.7 Å². The first-order valence-corrected chi connectivity index (χ1v) is 7.38. The van der Waals surface area contributed by atoms with Gasteiger partial charge in [0, 0.05) is 6.54 Å². The Kier molecular flexibility index (Phi) is 4.86. The Bertz CT molecular complexity index is 602. The highest BCUT2D eigenvalue weighted by Crippen LogP contribution is 2.27. The number of nitrogens with zero attached hydrogens (tertiary/aromatic N) is 1. The summed E-state index contributed by atoms with van der Waals surface area (Å²) in [5.74, 6) is 0.974. The molecule has 1 aromatic carbocycles. The van der Waals surface area contributed by atoms with Crippen LogP contribution in [-0.2, 0) is 13.2 Å². The summed E-state index contributed by atoms with van der Waals surface area (Å²) < 4.78 is 5.50. The fraction of sp³-hybridized carbons (Fsp3) is 0.444. The SMILES string of the molecule is Cc1cc(C)c(CN(C)C(C)c2ccco2)c(C)c1CO. The lowest BCUT2D eigenvalue weighted by atomic mass is 9.93. The lowest BCUT2D eigenvalue weighted by Crippen LogP contribution is -2.23. The number of benzene rings is 1. The molecule has 0 aliphatic heterocycles. The van der Waals surface area contributed by atoms with Crippen LogP contribution in [0.2, 0.25) is 0 Å². The molecule has 0 aliphatic rings. The van der Waals surface area contributed by atoms with Crippen molar-refractivity contribution in [3.8, 4) is 0 Å². The second-order valence-corrected chi connectivity index (χ2v) is 5.86. The second kappa shape index (κ2) is 6.46. The van der Waals surface area contributed by atoms with Gasteiger partial charge in [-0.1, -0.05) is 6.07 Å². The van der Waals surface area contributed by atoms with E-state index in [2.05, 4.69) is 45.7 Å². The number of furan rings is 1. The molecule has 0 saturated carbocycles. The van der Waals surface area contributed by atoms with Crippen molar-refractivity contribution in [1.29, 1.82) is 0 Å². The Hall–Kier alpha value is -1.58. The summed E-state index contributed by atoms with van der Waals surface area (Å²) in [4.78, 5) is 2.27. The van der Waals surface area contributed by atoms with Crippen LogP contribution in [0, 0.1) is 20.8 Å². The molecule has 1 aromatic heterocycles. The van der Waals surface area contributed by atoms with Crippen molar-refractivity contribution in [2.45, 2.75) is 46.9 Å². The predicted octanol–water partition coefficient (Wildman–Crippen LogP) is 3.89. The van der Waals surface area contributed by atoms with Gasteiger partial charge in [0.25, 0.3) is 0 Å². The fourth-order valence-corrected chi connectivity index (χ4v) is 2.89. The van der Waals surface area contributed by atoms with Gasteiger partial charge in [0.2, 0.25) is 0 Å². The van der Waals surface area contributed by atoms with Gasteiger partial charge in [0.1, 0.15) is 5.76 Å². The minimum Gasteiger partial charge on any atom is -0.468 e. The predicted molar refractivity (Wildman–Crippen MR) is 85.2 cm³/mol. The third-order valence-corrected chi connectivity index (χ3v) is 4.47. The quantitative estimate of drug-likeness (QED) is 0.906. The minimum atomic E-state index is 0.0996. The van der Waals surface area contributed by atoms with Crippen molar-refractivity contribution in [2.75, 3.05) is 7.05 Å². The second-order valence-electron chi connectivity index (χ2n) is 5.86. The molecule has 21 heavy (non-hydrogen) atoms. The van der Waals surface area contributed by atoms with E-state index in [1.54, 1.807) is 6.26 Å². The van der Waals surface area contributed by atoms with Crippen molar-refractivity contribution >= 4 is 0 Å². The molecule has 3 heteroatoms. The number of hydrogen-bond donors (Lipinski definition) is 1. The molecule has 0 amide bonds. The van der Waals surface area contributed by atoms with E-state index in [4.69, 9.17) is 4.42 Å². The Morgan fingerprint density at radius 3 is 2.43 bits per heavy atom. The molecule has 0 fully saturated rings. The van der Waals surface area contributed by atoms with Crippen LogP contribution < -0.4 is 0 Å². The summed E-state index contributed by atoms with van der Waals surface area (Å²) in [7, 11) is 2.10. The van der Waals surface area contributed by atoms with Crippen LogP contribution in [0.15, 0.2) is 28.9 Å². The third-order valence-electron chi connectivity index (χ3n) is 4.47. The van der Waals surface area contributed by atoms with Gasteiger partial charge in [-0.2, -0.15) is 0 Å². The molecule has 1 unspecified atom stereocenters. The highest BCUT2D eigenvalue weighted by atomic mass is 16.3.